The molecule has 0 radical (unpaired) electrons. The van der Waals surface area contributed by atoms with E-state index in [0.29, 0.717) is 16.8 Å². The number of amides is 1. The van der Waals surface area contributed by atoms with Gasteiger partial charge in [0.05, 0.1) is 11.3 Å². The Kier molecular flexibility index (Phi) is 2.76. The lowest BCUT2D eigenvalue weighted by Crippen LogP contribution is -2.10. The Morgan fingerprint density at radius 2 is 1.92 bits per heavy atom. The topological polar surface area (TPSA) is 60.2 Å². The maximum atomic E-state index is 10.6. The van der Waals surface area contributed by atoms with Crippen molar-refractivity contribution in [3.8, 4) is 0 Å². The molecule has 1 aromatic rings. The first kappa shape index (κ1) is 8.67. The molecule has 0 aromatic heterocycles. The molecule has 0 aliphatic heterocycles. The fourth-order valence-electron chi connectivity index (χ4n) is 0.782. The molecule has 12 heavy (non-hydrogen) atoms. The van der Waals surface area contributed by atoms with Gasteiger partial charge in [-0.25, -0.2) is 4.21 Å². The Bertz CT molecular complexity index is 318. The van der Waals surface area contributed by atoms with Crippen molar-refractivity contribution < 1.29 is 9.00 Å². The molecule has 1 rings (SSSR count). The van der Waals surface area contributed by atoms with E-state index in [1.165, 1.54) is 5.37 Å². The van der Waals surface area contributed by atoms with Gasteiger partial charge in [0, 0.05) is 10.9 Å². The molecule has 62 valence electrons. The highest BCUT2D eigenvalue weighted by atomic mass is 32.1. The fourth-order valence-corrected chi connectivity index (χ4v) is 1.05. The summed E-state index contributed by atoms with van der Waals surface area (Å²) >= 11 is 0.378. The standard InChI is InChI=1S/C8H7NO2S/c9-8(10)7-3-1-6(2-4-7)5-12-11/h1-5H,(H2,9,10). The zero-order valence-corrected chi connectivity index (χ0v) is 7.01. The van der Waals surface area contributed by atoms with Crippen LogP contribution in [0.5, 0.6) is 0 Å². The van der Waals surface area contributed by atoms with Gasteiger partial charge in [-0.3, -0.25) is 4.79 Å². The van der Waals surface area contributed by atoms with Crippen LogP contribution in [0.4, 0.5) is 0 Å². The van der Waals surface area contributed by atoms with Gasteiger partial charge in [0.25, 0.3) is 0 Å². The molecular formula is C8H7NO2S. The van der Waals surface area contributed by atoms with Crippen LogP contribution in [0.25, 0.3) is 0 Å². The minimum Gasteiger partial charge on any atom is -0.366 e. The molecular weight excluding hydrogens is 174 g/mol. The maximum Gasteiger partial charge on any atom is 0.248 e. The Morgan fingerprint density at radius 1 is 1.33 bits per heavy atom. The summed E-state index contributed by atoms with van der Waals surface area (Å²) in [5.74, 6) is -0.462. The van der Waals surface area contributed by atoms with Crippen LogP contribution in [0.3, 0.4) is 0 Å². The SMILES string of the molecule is NC(=O)c1ccc(C=S=O)cc1. The van der Waals surface area contributed by atoms with Crippen LogP contribution < -0.4 is 5.73 Å². The molecule has 1 amide bonds. The van der Waals surface area contributed by atoms with E-state index >= 15 is 0 Å². The number of carbonyl (C=O) groups excluding carboxylic acids is 1. The number of nitrogens with two attached hydrogens (primary N) is 1. The number of hydrogen-bond donors (Lipinski definition) is 1. The summed E-state index contributed by atoms with van der Waals surface area (Å²) in [7, 11) is 0. The molecule has 0 aliphatic carbocycles. The second kappa shape index (κ2) is 3.82. The van der Waals surface area contributed by atoms with Crippen LogP contribution in [0.15, 0.2) is 24.3 Å². The van der Waals surface area contributed by atoms with Crippen molar-refractivity contribution in [1.82, 2.24) is 0 Å². The van der Waals surface area contributed by atoms with E-state index in [-0.39, 0.29) is 0 Å². The van der Waals surface area contributed by atoms with Gasteiger partial charge in [-0.1, -0.05) is 12.1 Å². The third kappa shape index (κ3) is 2.03. The van der Waals surface area contributed by atoms with Crippen molar-refractivity contribution in [2.45, 2.75) is 0 Å². The molecule has 0 unspecified atom stereocenters. The number of carbonyl (C=O) groups is 1. The number of benzene rings is 1. The van der Waals surface area contributed by atoms with Gasteiger partial charge in [0.1, 0.15) is 0 Å². The van der Waals surface area contributed by atoms with E-state index in [1.807, 2.05) is 0 Å². The molecule has 2 N–H and O–H groups in total. The summed E-state index contributed by atoms with van der Waals surface area (Å²) in [5.41, 5.74) is 6.25. The van der Waals surface area contributed by atoms with E-state index < -0.39 is 5.91 Å². The van der Waals surface area contributed by atoms with Crippen LogP contribution in [0.1, 0.15) is 15.9 Å². The zero-order chi connectivity index (χ0) is 8.97. The molecule has 0 saturated carbocycles. The number of primary amides is 1. The number of rotatable bonds is 2. The van der Waals surface area contributed by atoms with Gasteiger partial charge in [-0.05, 0) is 17.7 Å². The summed E-state index contributed by atoms with van der Waals surface area (Å²) in [6, 6.07) is 6.52. The predicted octanol–water partition coefficient (Wildman–Crippen LogP) is 0.149. The first-order valence-corrected chi connectivity index (χ1v) is 4.06. The molecule has 0 saturated heterocycles. The summed E-state index contributed by atoms with van der Waals surface area (Å²) in [6.45, 7) is 0. The largest absolute Gasteiger partial charge is 0.366 e. The predicted molar refractivity (Wildman–Crippen MR) is 48.3 cm³/mol. The number of hydrogen-bond acceptors (Lipinski definition) is 2. The highest BCUT2D eigenvalue weighted by Gasteiger charge is 1.97. The molecule has 0 atom stereocenters. The molecule has 0 aliphatic rings. The van der Waals surface area contributed by atoms with Gasteiger partial charge in [0.15, 0.2) is 0 Å². The van der Waals surface area contributed by atoms with E-state index in [2.05, 4.69) is 0 Å². The fraction of sp³-hybridized carbons (Fsp3) is 0. The average molecular weight is 181 g/mol. The van der Waals surface area contributed by atoms with Gasteiger partial charge < -0.3 is 5.73 Å². The van der Waals surface area contributed by atoms with Crippen molar-refractivity contribution in [2.75, 3.05) is 0 Å². The summed E-state index contributed by atoms with van der Waals surface area (Å²) in [6.07, 6.45) is 0. The maximum absolute atomic E-state index is 10.6. The van der Waals surface area contributed by atoms with E-state index in [4.69, 9.17) is 5.73 Å². The molecule has 4 heteroatoms. The Hall–Kier alpha value is -1.42. The molecule has 0 heterocycles. The Labute approximate surface area is 73.3 Å². The highest BCUT2D eigenvalue weighted by molar-refractivity contribution is 7.65. The summed E-state index contributed by atoms with van der Waals surface area (Å²) in [5, 5.41) is 1.45. The minimum absolute atomic E-state index is 0.378. The molecule has 3 nitrogen and oxygen atoms in total. The van der Waals surface area contributed by atoms with Crippen LogP contribution in [-0.4, -0.2) is 15.5 Å². The Morgan fingerprint density at radius 3 is 2.33 bits per heavy atom. The smallest absolute Gasteiger partial charge is 0.248 e. The van der Waals surface area contributed by atoms with Crippen LogP contribution in [-0.2, 0) is 11.3 Å². The molecule has 0 spiro atoms. The van der Waals surface area contributed by atoms with Crippen LogP contribution in [0.2, 0.25) is 0 Å². The molecule has 0 bridgehead atoms. The second-order valence-corrected chi connectivity index (χ2v) is 2.63. The van der Waals surface area contributed by atoms with Gasteiger partial charge >= 0.3 is 0 Å². The van der Waals surface area contributed by atoms with E-state index in [1.54, 1.807) is 24.3 Å². The monoisotopic (exact) mass is 181 g/mol. The van der Waals surface area contributed by atoms with Gasteiger partial charge in [-0.15, -0.1) is 0 Å². The lowest BCUT2D eigenvalue weighted by molar-refractivity contribution is 0.100. The van der Waals surface area contributed by atoms with Gasteiger partial charge in [-0.2, -0.15) is 0 Å². The lowest BCUT2D eigenvalue weighted by Gasteiger charge is -1.94. The minimum atomic E-state index is -0.462. The van der Waals surface area contributed by atoms with Crippen molar-refractivity contribution in [3.63, 3.8) is 0 Å². The van der Waals surface area contributed by atoms with Gasteiger partial charge in [0.2, 0.25) is 5.91 Å². The average Bonchev–Trinajstić information content (AvgIpc) is 2.06. The van der Waals surface area contributed by atoms with Crippen molar-refractivity contribution >= 4 is 22.5 Å². The third-order valence-corrected chi connectivity index (χ3v) is 1.75. The van der Waals surface area contributed by atoms with Crippen LogP contribution >= 0.6 is 0 Å². The lowest BCUT2D eigenvalue weighted by atomic mass is 10.1. The quantitative estimate of drug-likeness (QED) is 0.660. The highest BCUT2D eigenvalue weighted by Crippen LogP contribution is 2.00. The van der Waals surface area contributed by atoms with E-state index in [9.17, 15) is 9.00 Å². The van der Waals surface area contributed by atoms with Crippen molar-refractivity contribution in [2.24, 2.45) is 5.73 Å². The first-order valence-electron chi connectivity index (χ1n) is 3.26. The second-order valence-electron chi connectivity index (χ2n) is 2.20. The van der Waals surface area contributed by atoms with Crippen molar-refractivity contribution in [1.29, 1.82) is 0 Å². The third-order valence-electron chi connectivity index (χ3n) is 1.38. The summed E-state index contributed by atoms with van der Waals surface area (Å²) < 4.78 is 10.1. The Balaban J connectivity index is 3.00. The molecule has 1 aromatic carbocycles. The first-order chi connectivity index (χ1) is 5.74. The summed E-state index contributed by atoms with van der Waals surface area (Å²) in [4.78, 5) is 10.6. The van der Waals surface area contributed by atoms with Crippen LogP contribution in [0, 0.1) is 0 Å². The zero-order valence-electron chi connectivity index (χ0n) is 6.19. The molecule has 0 fully saturated rings. The normalized spacial score (nSPS) is 9.00. The van der Waals surface area contributed by atoms with Crippen molar-refractivity contribution in [3.05, 3.63) is 35.4 Å². The van der Waals surface area contributed by atoms with E-state index in [0.717, 1.165) is 5.56 Å².